The van der Waals surface area contributed by atoms with Crippen LogP contribution in [0.1, 0.15) is 65.6 Å². The Morgan fingerprint density at radius 2 is 1.80 bits per heavy atom. The molecule has 0 amide bonds. The van der Waals surface area contributed by atoms with Crippen molar-refractivity contribution in [1.82, 2.24) is 10.3 Å². The van der Waals surface area contributed by atoms with Crippen molar-refractivity contribution >= 4 is 11.3 Å². The number of ether oxygens (including phenoxy) is 1. The van der Waals surface area contributed by atoms with Crippen LogP contribution in [-0.4, -0.2) is 24.2 Å². The molecule has 1 atom stereocenters. The Morgan fingerprint density at radius 1 is 1.20 bits per heavy atom. The summed E-state index contributed by atoms with van der Waals surface area (Å²) in [5.41, 5.74) is 0.933. The normalized spacial score (nSPS) is 16.2. The number of methoxy groups -OCH3 is 1. The molecule has 0 spiro atoms. The Balaban J connectivity index is 3.10. The minimum atomic E-state index is -0.176. The maximum absolute atomic E-state index is 5.61. The molecule has 1 unspecified atom stereocenters. The Morgan fingerprint density at radius 3 is 2.20 bits per heavy atom. The van der Waals surface area contributed by atoms with E-state index in [9.17, 15) is 0 Å². The van der Waals surface area contributed by atoms with E-state index in [1.807, 2.05) is 0 Å². The van der Waals surface area contributed by atoms with Crippen LogP contribution in [0.25, 0.3) is 0 Å². The Labute approximate surface area is 128 Å². The van der Waals surface area contributed by atoms with Gasteiger partial charge < -0.3 is 10.1 Å². The van der Waals surface area contributed by atoms with Crippen molar-refractivity contribution in [3.63, 3.8) is 0 Å². The highest BCUT2D eigenvalue weighted by atomic mass is 32.1. The van der Waals surface area contributed by atoms with Gasteiger partial charge in [-0.1, -0.05) is 27.7 Å². The molecule has 0 bridgehead atoms. The third kappa shape index (κ3) is 4.27. The van der Waals surface area contributed by atoms with E-state index in [4.69, 9.17) is 9.72 Å². The van der Waals surface area contributed by atoms with Gasteiger partial charge in [0.05, 0.1) is 16.8 Å². The number of rotatable bonds is 6. The smallest absolute Gasteiger partial charge is 0.113 e. The molecular formula is C16H30N2OS. The van der Waals surface area contributed by atoms with Crippen LogP contribution >= 0.6 is 11.3 Å². The highest BCUT2D eigenvalue weighted by Crippen LogP contribution is 2.35. The minimum absolute atomic E-state index is 0.0959. The fourth-order valence-electron chi connectivity index (χ4n) is 2.40. The first-order chi connectivity index (χ1) is 9.04. The molecule has 1 aromatic rings. The number of thiazole rings is 1. The second-order valence-electron chi connectivity index (χ2n) is 7.29. The summed E-state index contributed by atoms with van der Waals surface area (Å²) >= 11 is 1.75. The first kappa shape index (κ1) is 17.6. The van der Waals surface area contributed by atoms with Gasteiger partial charge in [0.15, 0.2) is 0 Å². The molecular weight excluding hydrogens is 268 g/mol. The number of aromatic nitrogens is 1. The molecule has 4 heteroatoms. The van der Waals surface area contributed by atoms with E-state index in [0.29, 0.717) is 0 Å². The maximum atomic E-state index is 5.61. The predicted octanol–water partition coefficient (Wildman–Crippen LogP) is 4.08. The first-order valence-corrected chi connectivity index (χ1v) is 8.19. The molecule has 0 radical (unpaired) electrons. The molecule has 1 heterocycles. The summed E-state index contributed by atoms with van der Waals surface area (Å²) in [6.45, 7) is 16.1. The molecule has 1 N–H and O–H groups in total. The lowest BCUT2D eigenvalue weighted by Gasteiger charge is -2.36. The largest absolute Gasteiger partial charge is 0.379 e. The fraction of sp³-hybridized carbons (Fsp3) is 0.812. The monoisotopic (exact) mass is 298 g/mol. The average molecular weight is 298 g/mol. The molecule has 0 aromatic carbocycles. The Kier molecular flexibility index (Phi) is 5.39. The van der Waals surface area contributed by atoms with E-state index in [1.165, 1.54) is 0 Å². The van der Waals surface area contributed by atoms with E-state index in [2.05, 4.69) is 59.2 Å². The highest BCUT2D eigenvalue weighted by molar-refractivity contribution is 7.09. The van der Waals surface area contributed by atoms with Crippen molar-refractivity contribution in [3.05, 3.63) is 16.1 Å². The van der Waals surface area contributed by atoms with E-state index in [-0.39, 0.29) is 16.6 Å². The van der Waals surface area contributed by atoms with Crippen LogP contribution in [0.5, 0.6) is 0 Å². The van der Waals surface area contributed by atoms with Gasteiger partial charge in [-0.2, -0.15) is 0 Å². The third-order valence-corrected chi connectivity index (χ3v) is 4.75. The highest BCUT2D eigenvalue weighted by Gasteiger charge is 2.36. The Hall–Kier alpha value is -0.450. The third-order valence-electron chi connectivity index (χ3n) is 3.64. The number of hydrogen-bond acceptors (Lipinski definition) is 4. The molecule has 0 aliphatic rings. The summed E-state index contributed by atoms with van der Waals surface area (Å²) < 4.78 is 5.61. The molecule has 3 nitrogen and oxygen atoms in total. The molecule has 0 saturated heterocycles. The van der Waals surface area contributed by atoms with Gasteiger partial charge in [-0.25, -0.2) is 4.98 Å². The van der Waals surface area contributed by atoms with Gasteiger partial charge in [-0.05, 0) is 27.3 Å². The zero-order chi connectivity index (χ0) is 15.6. The van der Waals surface area contributed by atoms with Crippen molar-refractivity contribution in [1.29, 1.82) is 0 Å². The molecule has 0 fully saturated rings. The quantitative estimate of drug-likeness (QED) is 0.859. The number of nitrogens with zero attached hydrogens (tertiary/aromatic N) is 1. The van der Waals surface area contributed by atoms with Gasteiger partial charge in [0.25, 0.3) is 0 Å². The van der Waals surface area contributed by atoms with E-state index in [1.54, 1.807) is 18.4 Å². The lowest BCUT2D eigenvalue weighted by atomic mass is 9.87. The van der Waals surface area contributed by atoms with Crippen LogP contribution in [0.15, 0.2) is 5.38 Å². The van der Waals surface area contributed by atoms with Gasteiger partial charge in [-0.3, -0.25) is 0 Å². The molecule has 20 heavy (non-hydrogen) atoms. The summed E-state index contributed by atoms with van der Waals surface area (Å²) in [5, 5.41) is 6.93. The summed E-state index contributed by atoms with van der Waals surface area (Å²) in [4.78, 5) is 4.89. The summed E-state index contributed by atoms with van der Waals surface area (Å²) in [6, 6.07) is 0. The zero-order valence-electron chi connectivity index (χ0n) is 14.3. The maximum Gasteiger partial charge on any atom is 0.113 e. The van der Waals surface area contributed by atoms with E-state index < -0.39 is 0 Å². The molecule has 0 saturated carbocycles. The van der Waals surface area contributed by atoms with Gasteiger partial charge in [0.2, 0.25) is 0 Å². The minimum Gasteiger partial charge on any atom is -0.379 e. The summed E-state index contributed by atoms with van der Waals surface area (Å²) in [5.74, 6) is 0. The molecule has 116 valence electrons. The van der Waals surface area contributed by atoms with Crippen LogP contribution < -0.4 is 5.32 Å². The Bertz CT molecular complexity index is 434. The molecule has 1 aromatic heterocycles. The van der Waals surface area contributed by atoms with Gasteiger partial charge in [0, 0.05) is 24.3 Å². The van der Waals surface area contributed by atoms with Crippen LogP contribution in [0.3, 0.4) is 0 Å². The summed E-state index contributed by atoms with van der Waals surface area (Å²) in [6.07, 6.45) is 0.890. The second kappa shape index (κ2) is 6.12. The molecule has 1 rings (SSSR count). The first-order valence-electron chi connectivity index (χ1n) is 7.31. The fourth-order valence-corrected chi connectivity index (χ4v) is 3.58. The lowest BCUT2D eigenvalue weighted by molar-refractivity contribution is -0.00705. The van der Waals surface area contributed by atoms with Gasteiger partial charge >= 0.3 is 0 Å². The van der Waals surface area contributed by atoms with Gasteiger partial charge in [-0.15, -0.1) is 11.3 Å². The van der Waals surface area contributed by atoms with Gasteiger partial charge in [0.1, 0.15) is 5.01 Å². The lowest BCUT2D eigenvalue weighted by Crippen LogP contribution is -2.45. The van der Waals surface area contributed by atoms with Crippen molar-refractivity contribution in [2.75, 3.05) is 13.7 Å². The molecule has 0 aliphatic carbocycles. The average Bonchev–Trinajstić information content (AvgIpc) is 2.78. The van der Waals surface area contributed by atoms with Crippen molar-refractivity contribution in [2.45, 2.75) is 71.4 Å². The van der Waals surface area contributed by atoms with Crippen molar-refractivity contribution in [2.24, 2.45) is 0 Å². The number of nitrogens with one attached hydrogen (secondary N) is 1. The zero-order valence-corrected chi connectivity index (χ0v) is 15.1. The van der Waals surface area contributed by atoms with Crippen molar-refractivity contribution < 1.29 is 4.74 Å². The van der Waals surface area contributed by atoms with E-state index >= 15 is 0 Å². The van der Waals surface area contributed by atoms with Crippen molar-refractivity contribution in [3.8, 4) is 0 Å². The van der Waals surface area contributed by atoms with E-state index in [0.717, 1.165) is 23.7 Å². The van der Waals surface area contributed by atoms with Crippen LogP contribution in [-0.2, 0) is 15.7 Å². The van der Waals surface area contributed by atoms with Crippen LogP contribution in [0, 0.1) is 0 Å². The number of hydrogen-bond donors (Lipinski definition) is 1. The topological polar surface area (TPSA) is 34.1 Å². The van der Waals surface area contributed by atoms with Crippen LogP contribution in [0.4, 0.5) is 0 Å². The second-order valence-corrected chi connectivity index (χ2v) is 8.15. The summed E-state index contributed by atoms with van der Waals surface area (Å²) in [7, 11) is 1.77. The SMILES string of the molecule is CCNC(C)(CC(C)(C)OC)c1nc(C(C)(C)C)cs1. The standard InChI is InChI=1S/C16H30N2OS/c1-9-17-16(7,11-15(5,6)19-8)13-18-12(10-20-13)14(2,3)4/h10,17H,9,11H2,1-8H3. The molecule has 0 aliphatic heterocycles. The van der Waals surface area contributed by atoms with Crippen LogP contribution in [0.2, 0.25) is 0 Å². The predicted molar refractivity (Wildman–Crippen MR) is 87.5 cm³/mol.